The van der Waals surface area contributed by atoms with Gasteiger partial charge in [0, 0.05) is 16.8 Å². The second-order valence-corrected chi connectivity index (χ2v) is 2.68. The number of pyridine rings is 1. The minimum Gasteiger partial charge on any atom is -0.256 e. The molecule has 1 nitrogen and oxygen atoms in total. The highest BCUT2D eigenvalue weighted by atomic mass is 14.6. The molecule has 0 unspecified atom stereocenters. The van der Waals surface area contributed by atoms with Crippen LogP contribution in [0.1, 0.15) is 0 Å². The third-order valence-corrected chi connectivity index (χ3v) is 1.90. The maximum absolute atomic E-state index is 4.11. The fourth-order valence-electron chi connectivity index (χ4n) is 1.19. The van der Waals surface area contributed by atoms with Crippen molar-refractivity contribution in [3.63, 3.8) is 0 Å². The van der Waals surface area contributed by atoms with Gasteiger partial charge in [0.15, 0.2) is 0 Å². The molecule has 1 heteroatoms. The van der Waals surface area contributed by atoms with Crippen molar-refractivity contribution in [3.8, 4) is 0 Å². The lowest BCUT2D eigenvalue weighted by Gasteiger charge is -1.95. The lowest BCUT2D eigenvalue weighted by Crippen LogP contribution is -2.25. The summed E-state index contributed by atoms with van der Waals surface area (Å²) in [5.74, 6) is 0. The van der Waals surface area contributed by atoms with Gasteiger partial charge in [-0.3, -0.25) is 4.98 Å². The molecule has 0 N–H and O–H groups in total. The summed E-state index contributed by atoms with van der Waals surface area (Å²) in [5, 5.41) is 3.67. The summed E-state index contributed by atoms with van der Waals surface area (Å²) < 4.78 is 0. The Bertz CT molecular complexity index is 514. The number of fused-ring (bicyclic) bond motifs is 1. The Morgan fingerprint density at radius 2 is 2.17 bits per heavy atom. The van der Waals surface area contributed by atoms with Gasteiger partial charge in [0.25, 0.3) is 0 Å². The van der Waals surface area contributed by atoms with E-state index in [4.69, 9.17) is 0 Å². The molecule has 0 atom stereocenters. The number of hydrogen-bond acceptors (Lipinski definition) is 1. The van der Waals surface area contributed by atoms with Crippen molar-refractivity contribution in [2.45, 2.75) is 0 Å². The van der Waals surface area contributed by atoms with Crippen LogP contribution in [0.5, 0.6) is 0 Å². The van der Waals surface area contributed by atoms with Crippen molar-refractivity contribution in [1.29, 1.82) is 0 Å². The molecule has 0 aliphatic carbocycles. The average Bonchev–Trinajstić information content (AvgIpc) is 2.12. The molecule has 1 heterocycles. The molecular formula is C11H8N. The zero-order valence-electron chi connectivity index (χ0n) is 6.67. The summed E-state index contributed by atoms with van der Waals surface area (Å²) in [5.41, 5.74) is 0. The fraction of sp³-hybridized carbons (Fsp3) is 0. The molecule has 1 aromatic carbocycles. The van der Waals surface area contributed by atoms with Crippen LogP contribution in [0.3, 0.4) is 0 Å². The van der Waals surface area contributed by atoms with E-state index in [1.54, 1.807) is 6.20 Å². The Morgan fingerprint density at radius 3 is 3.00 bits per heavy atom. The zero-order chi connectivity index (χ0) is 8.55. The fourth-order valence-corrected chi connectivity index (χ4v) is 1.19. The Kier molecular flexibility index (Phi) is 1.44. The van der Waals surface area contributed by atoms with Gasteiger partial charge >= 0.3 is 0 Å². The van der Waals surface area contributed by atoms with Crippen molar-refractivity contribution in [3.05, 3.63) is 41.0 Å². The Labute approximate surface area is 70.7 Å². The van der Waals surface area contributed by atoms with Crippen LogP contribution in [-0.4, -0.2) is 4.98 Å². The van der Waals surface area contributed by atoms with Gasteiger partial charge in [-0.15, -0.1) is 0 Å². The van der Waals surface area contributed by atoms with Gasteiger partial charge in [-0.05, 0) is 11.5 Å². The van der Waals surface area contributed by atoms with Gasteiger partial charge in [0.1, 0.15) is 0 Å². The first kappa shape index (κ1) is 7.04. The highest BCUT2D eigenvalue weighted by Crippen LogP contribution is 2.03. The monoisotopic (exact) mass is 154 g/mol. The van der Waals surface area contributed by atoms with Crippen LogP contribution in [0.4, 0.5) is 0 Å². The number of aromatic nitrogens is 1. The SMILES string of the molecule is C=c1ncc2ccc[c]c2c1=C. The lowest BCUT2D eigenvalue weighted by molar-refractivity contribution is 1.26. The van der Waals surface area contributed by atoms with Gasteiger partial charge < -0.3 is 0 Å². The van der Waals surface area contributed by atoms with Crippen molar-refractivity contribution in [2.24, 2.45) is 0 Å². The van der Waals surface area contributed by atoms with Gasteiger partial charge in [0.2, 0.25) is 0 Å². The van der Waals surface area contributed by atoms with E-state index in [1.165, 1.54) is 0 Å². The largest absolute Gasteiger partial charge is 0.256 e. The lowest BCUT2D eigenvalue weighted by atomic mass is 10.1. The quantitative estimate of drug-likeness (QED) is 0.548. The third kappa shape index (κ3) is 0.909. The zero-order valence-corrected chi connectivity index (χ0v) is 6.67. The average molecular weight is 154 g/mol. The Balaban J connectivity index is 3.11. The molecule has 2 rings (SSSR count). The Hall–Kier alpha value is -1.63. The van der Waals surface area contributed by atoms with Gasteiger partial charge in [-0.2, -0.15) is 0 Å². The molecule has 0 saturated heterocycles. The van der Waals surface area contributed by atoms with Crippen molar-refractivity contribution >= 4 is 23.9 Å². The summed E-state index contributed by atoms with van der Waals surface area (Å²) in [6.45, 7) is 7.67. The predicted octanol–water partition coefficient (Wildman–Crippen LogP) is 0.856. The molecule has 1 radical (unpaired) electrons. The summed E-state index contributed by atoms with van der Waals surface area (Å²) in [6, 6.07) is 8.92. The summed E-state index contributed by atoms with van der Waals surface area (Å²) in [7, 11) is 0. The van der Waals surface area contributed by atoms with E-state index in [0.717, 1.165) is 21.3 Å². The highest BCUT2D eigenvalue weighted by Gasteiger charge is 1.92. The van der Waals surface area contributed by atoms with Crippen LogP contribution in [0, 0.1) is 6.07 Å². The van der Waals surface area contributed by atoms with E-state index in [9.17, 15) is 0 Å². The first-order valence-corrected chi connectivity index (χ1v) is 3.72. The molecular weight excluding hydrogens is 146 g/mol. The van der Waals surface area contributed by atoms with Crippen molar-refractivity contribution < 1.29 is 0 Å². The number of rotatable bonds is 0. The topological polar surface area (TPSA) is 12.9 Å². The van der Waals surface area contributed by atoms with Crippen LogP contribution >= 0.6 is 0 Å². The summed E-state index contributed by atoms with van der Waals surface area (Å²) in [4.78, 5) is 4.11. The second-order valence-electron chi connectivity index (χ2n) is 2.68. The van der Waals surface area contributed by atoms with Crippen molar-refractivity contribution in [2.75, 3.05) is 0 Å². The van der Waals surface area contributed by atoms with E-state index >= 15 is 0 Å². The molecule has 0 fully saturated rings. The van der Waals surface area contributed by atoms with E-state index in [2.05, 4.69) is 24.2 Å². The summed E-state index contributed by atoms with van der Waals surface area (Å²) >= 11 is 0. The van der Waals surface area contributed by atoms with E-state index in [0.29, 0.717) is 0 Å². The van der Waals surface area contributed by atoms with Gasteiger partial charge in [0.05, 0.1) is 5.35 Å². The maximum atomic E-state index is 4.11. The predicted molar refractivity (Wildman–Crippen MR) is 50.9 cm³/mol. The van der Waals surface area contributed by atoms with Crippen LogP contribution in [0.25, 0.3) is 23.9 Å². The number of nitrogens with zero attached hydrogens (tertiary/aromatic N) is 1. The van der Waals surface area contributed by atoms with Crippen molar-refractivity contribution in [1.82, 2.24) is 4.98 Å². The van der Waals surface area contributed by atoms with Crippen LogP contribution in [0.2, 0.25) is 0 Å². The highest BCUT2D eigenvalue weighted by molar-refractivity contribution is 5.81. The first-order valence-electron chi connectivity index (χ1n) is 3.72. The van der Waals surface area contributed by atoms with Gasteiger partial charge in [-0.1, -0.05) is 31.4 Å². The molecule has 1 aromatic heterocycles. The minimum absolute atomic E-state index is 0.727. The van der Waals surface area contributed by atoms with E-state index < -0.39 is 0 Å². The minimum atomic E-state index is 0.727. The number of benzene rings is 1. The molecule has 12 heavy (non-hydrogen) atoms. The normalized spacial score (nSPS) is 10.3. The molecule has 0 spiro atoms. The molecule has 0 saturated carbocycles. The maximum Gasteiger partial charge on any atom is 0.0630 e. The van der Waals surface area contributed by atoms with Gasteiger partial charge in [-0.25, -0.2) is 0 Å². The third-order valence-electron chi connectivity index (χ3n) is 1.90. The molecule has 0 amide bonds. The molecule has 0 aliphatic heterocycles. The molecule has 57 valence electrons. The molecule has 2 aromatic rings. The van der Waals surface area contributed by atoms with Crippen LogP contribution in [-0.2, 0) is 0 Å². The van der Waals surface area contributed by atoms with Crippen LogP contribution < -0.4 is 10.6 Å². The smallest absolute Gasteiger partial charge is 0.0630 e. The second kappa shape index (κ2) is 2.45. The number of hydrogen-bond donors (Lipinski definition) is 0. The molecule has 0 aliphatic rings. The van der Waals surface area contributed by atoms with E-state index in [-0.39, 0.29) is 0 Å². The molecule has 0 bridgehead atoms. The van der Waals surface area contributed by atoms with Crippen LogP contribution in [0.15, 0.2) is 24.4 Å². The first-order chi connectivity index (χ1) is 5.79. The van der Waals surface area contributed by atoms with E-state index in [1.807, 2.05) is 18.2 Å². The summed E-state index contributed by atoms with van der Waals surface area (Å²) in [6.07, 6.45) is 1.79. The standard InChI is InChI=1S/C11H8N/c1-8-9(2)12-7-10-5-3-4-6-11(8)10/h3-5,7H,1-2H2. The Morgan fingerprint density at radius 1 is 1.33 bits per heavy atom.